The second kappa shape index (κ2) is 4.92. The average molecular weight is 239 g/mol. The first-order valence-corrected chi connectivity index (χ1v) is 4.99. The van der Waals surface area contributed by atoms with Crippen molar-refractivity contribution in [1.29, 1.82) is 0 Å². The van der Waals surface area contributed by atoms with E-state index in [0.717, 1.165) is 6.07 Å². The molecule has 0 aliphatic heterocycles. The summed E-state index contributed by atoms with van der Waals surface area (Å²) in [6.45, 7) is 2.98. The number of carbonyl (C=O) groups is 2. The Balaban J connectivity index is 3.14. The summed E-state index contributed by atoms with van der Waals surface area (Å²) in [6, 6.07) is 1.62. The van der Waals surface area contributed by atoms with E-state index in [9.17, 15) is 14.0 Å². The van der Waals surface area contributed by atoms with Crippen LogP contribution in [0.1, 0.15) is 22.8 Å². The molecule has 1 aromatic carbocycles. The first kappa shape index (κ1) is 13.1. The molecule has 0 bridgehead atoms. The van der Waals surface area contributed by atoms with E-state index < -0.39 is 23.7 Å². The number of hydrogen-bond donors (Lipinski definition) is 3. The van der Waals surface area contributed by atoms with Gasteiger partial charge in [0.25, 0.3) is 0 Å². The number of carbonyl (C=O) groups excluding carboxylic acids is 2. The topological polar surface area (TPSA) is 98.2 Å². The van der Waals surface area contributed by atoms with Crippen molar-refractivity contribution in [1.82, 2.24) is 0 Å². The lowest BCUT2D eigenvalue weighted by Crippen LogP contribution is -2.32. The maximum atomic E-state index is 13.5. The molecule has 0 saturated heterocycles. The molecule has 17 heavy (non-hydrogen) atoms. The van der Waals surface area contributed by atoms with Gasteiger partial charge in [-0.3, -0.25) is 9.59 Å². The molecular weight excluding hydrogens is 225 g/mol. The van der Waals surface area contributed by atoms with E-state index >= 15 is 0 Å². The van der Waals surface area contributed by atoms with Crippen molar-refractivity contribution in [3.05, 3.63) is 29.1 Å². The van der Waals surface area contributed by atoms with Crippen LogP contribution >= 0.6 is 0 Å². The van der Waals surface area contributed by atoms with E-state index in [1.807, 2.05) is 0 Å². The fraction of sp³-hybridized carbons (Fsp3) is 0.273. The molecule has 6 heteroatoms. The Morgan fingerprint density at radius 3 is 2.47 bits per heavy atom. The molecule has 0 aromatic heterocycles. The highest BCUT2D eigenvalue weighted by molar-refractivity contribution is 5.98. The van der Waals surface area contributed by atoms with E-state index in [-0.39, 0.29) is 16.8 Å². The molecule has 0 aliphatic rings. The van der Waals surface area contributed by atoms with Crippen LogP contribution in [0.25, 0.3) is 0 Å². The highest BCUT2D eigenvalue weighted by atomic mass is 19.1. The number of rotatable bonds is 3. The summed E-state index contributed by atoms with van der Waals surface area (Å²) in [6.07, 6.45) is 0. The summed E-state index contributed by atoms with van der Waals surface area (Å²) in [5.41, 5.74) is 10.8. The predicted octanol–water partition coefficient (Wildman–Crippen LogP) is 0.519. The van der Waals surface area contributed by atoms with Gasteiger partial charge in [-0.25, -0.2) is 4.39 Å². The quantitative estimate of drug-likeness (QED) is 0.717. The minimum atomic E-state index is -0.764. The molecule has 1 rings (SSSR count). The summed E-state index contributed by atoms with van der Waals surface area (Å²) >= 11 is 0. The Labute approximate surface area is 98.0 Å². The molecule has 0 heterocycles. The Kier molecular flexibility index (Phi) is 3.80. The van der Waals surface area contributed by atoms with Crippen molar-refractivity contribution < 1.29 is 14.0 Å². The third kappa shape index (κ3) is 3.01. The van der Waals surface area contributed by atoms with E-state index in [4.69, 9.17) is 11.5 Å². The summed E-state index contributed by atoms with van der Waals surface area (Å²) in [4.78, 5) is 22.3. The molecule has 0 fully saturated rings. The van der Waals surface area contributed by atoms with Crippen LogP contribution in [0.2, 0.25) is 0 Å². The van der Waals surface area contributed by atoms with Crippen molar-refractivity contribution in [2.75, 3.05) is 5.32 Å². The Hall–Kier alpha value is -1.95. The standard InChI is InChI=1S/C11H14FN3O2/c1-5-8(12)3-7(10(14)16)4-9(5)15-11(17)6(2)13/h3-4,6H,13H2,1-2H3,(H2,14,16)(H,15,17). The predicted molar refractivity (Wildman–Crippen MR) is 61.9 cm³/mol. The highest BCUT2D eigenvalue weighted by Crippen LogP contribution is 2.20. The van der Waals surface area contributed by atoms with Crippen LogP contribution in [0.4, 0.5) is 10.1 Å². The van der Waals surface area contributed by atoms with Gasteiger partial charge in [0, 0.05) is 16.8 Å². The molecule has 5 N–H and O–H groups in total. The molecule has 92 valence electrons. The van der Waals surface area contributed by atoms with Crippen molar-refractivity contribution in [2.45, 2.75) is 19.9 Å². The van der Waals surface area contributed by atoms with Gasteiger partial charge in [0.05, 0.1) is 6.04 Å². The molecule has 2 amide bonds. The lowest BCUT2D eigenvalue weighted by molar-refractivity contribution is -0.117. The smallest absolute Gasteiger partial charge is 0.248 e. The van der Waals surface area contributed by atoms with E-state index in [2.05, 4.69) is 5.32 Å². The molecule has 1 aromatic rings. The van der Waals surface area contributed by atoms with Gasteiger partial charge in [-0.1, -0.05) is 0 Å². The Bertz CT molecular complexity index is 472. The molecular formula is C11H14FN3O2. The summed E-state index contributed by atoms with van der Waals surface area (Å²) in [5.74, 6) is -1.84. The second-order valence-corrected chi connectivity index (χ2v) is 3.77. The minimum absolute atomic E-state index is 0.00641. The van der Waals surface area contributed by atoms with Gasteiger partial charge in [-0.15, -0.1) is 0 Å². The Morgan fingerprint density at radius 1 is 1.41 bits per heavy atom. The van der Waals surface area contributed by atoms with Crippen LogP contribution < -0.4 is 16.8 Å². The zero-order valence-corrected chi connectivity index (χ0v) is 9.58. The van der Waals surface area contributed by atoms with Gasteiger partial charge in [-0.05, 0) is 26.0 Å². The van der Waals surface area contributed by atoms with Crippen LogP contribution in [0, 0.1) is 12.7 Å². The van der Waals surface area contributed by atoms with Crippen molar-refractivity contribution in [3.8, 4) is 0 Å². The molecule has 1 atom stereocenters. The fourth-order valence-corrected chi connectivity index (χ4v) is 1.20. The highest BCUT2D eigenvalue weighted by Gasteiger charge is 2.14. The van der Waals surface area contributed by atoms with Gasteiger partial charge in [-0.2, -0.15) is 0 Å². The summed E-state index contributed by atoms with van der Waals surface area (Å²) < 4.78 is 13.5. The maximum Gasteiger partial charge on any atom is 0.248 e. The van der Waals surface area contributed by atoms with E-state index in [1.54, 1.807) is 0 Å². The van der Waals surface area contributed by atoms with E-state index in [1.165, 1.54) is 19.9 Å². The third-order valence-corrected chi connectivity index (χ3v) is 2.30. The minimum Gasteiger partial charge on any atom is -0.366 e. The molecule has 5 nitrogen and oxygen atoms in total. The number of primary amides is 1. The van der Waals surface area contributed by atoms with Gasteiger partial charge in [0.1, 0.15) is 5.82 Å². The zero-order chi connectivity index (χ0) is 13.2. The van der Waals surface area contributed by atoms with Crippen LogP contribution in [0.15, 0.2) is 12.1 Å². The molecule has 1 unspecified atom stereocenters. The molecule has 0 spiro atoms. The van der Waals surface area contributed by atoms with Gasteiger partial charge in [0.15, 0.2) is 0 Å². The van der Waals surface area contributed by atoms with Crippen molar-refractivity contribution >= 4 is 17.5 Å². The van der Waals surface area contributed by atoms with Gasteiger partial charge in [0.2, 0.25) is 11.8 Å². The molecule has 0 saturated carbocycles. The zero-order valence-electron chi connectivity index (χ0n) is 9.58. The SMILES string of the molecule is Cc1c(F)cc(C(N)=O)cc1NC(=O)C(C)N. The van der Waals surface area contributed by atoms with Crippen LogP contribution in [0.3, 0.4) is 0 Å². The van der Waals surface area contributed by atoms with Gasteiger partial charge >= 0.3 is 0 Å². The number of amides is 2. The normalized spacial score (nSPS) is 12.0. The summed E-state index contributed by atoms with van der Waals surface area (Å²) in [7, 11) is 0. The average Bonchev–Trinajstić information content (AvgIpc) is 2.23. The number of benzene rings is 1. The molecule has 0 radical (unpaired) electrons. The lowest BCUT2D eigenvalue weighted by atomic mass is 10.1. The second-order valence-electron chi connectivity index (χ2n) is 3.77. The van der Waals surface area contributed by atoms with Crippen LogP contribution in [-0.2, 0) is 4.79 Å². The number of hydrogen-bond acceptors (Lipinski definition) is 3. The largest absolute Gasteiger partial charge is 0.366 e. The lowest BCUT2D eigenvalue weighted by Gasteiger charge is -2.12. The third-order valence-electron chi connectivity index (χ3n) is 2.30. The van der Waals surface area contributed by atoms with E-state index in [0.29, 0.717) is 0 Å². The van der Waals surface area contributed by atoms with Gasteiger partial charge < -0.3 is 16.8 Å². The first-order valence-electron chi connectivity index (χ1n) is 4.99. The number of nitrogens with two attached hydrogens (primary N) is 2. The number of nitrogens with one attached hydrogen (secondary N) is 1. The monoisotopic (exact) mass is 239 g/mol. The Morgan fingerprint density at radius 2 is 2.00 bits per heavy atom. The first-order chi connectivity index (χ1) is 7.82. The summed E-state index contributed by atoms with van der Waals surface area (Å²) in [5, 5.41) is 2.43. The number of halogens is 1. The molecule has 0 aliphatic carbocycles. The van der Waals surface area contributed by atoms with Crippen molar-refractivity contribution in [3.63, 3.8) is 0 Å². The maximum absolute atomic E-state index is 13.5. The van der Waals surface area contributed by atoms with Crippen LogP contribution in [-0.4, -0.2) is 17.9 Å². The van der Waals surface area contributed by atoms with Crippen LogP contribution in [0.5, 0.6) is 0 Å². The number of anilines is 1. The van der Waals surface area contributed by atoms with Crippen molar-refractivity contribution in [2.24, 2.45) is 11.5 Å². The fourth-order valence-electron chi connectivity index (χ4n) is 1.20.